The largest absolute Gasteiger partial charge is 0.573 e. The maximum absolute atomic E-state index is 12.2. The van der Waals surface area contributed by atoms with Crippen LogP contribution in [-0.2, 0) is 0 Å². The highest BCUT2D eigenvalue weighted by atomic mass is 19.4. The van der Waals surface area contributed by atoms with Crippen molar-refractivity contribution >= 4 is 17.4 Å². The molecule has 0 fully saturated rings. The summed E-state index contributed by atoms with van der Waals surface area (Å²) in [6.07, 6.45) is -4.80. The topological polar surface area (TPSA) is 70.6 Å². The van der Waals surface area contributed by atoms with E-state index in [0.29, 0.717) is 11.3 Å². The summed E-state index contributed by atoms with van der Waals surface area (Å²) in [5, 5.41) is 14.2. The SMILES string of the molecule is Cc1cc(O)ccc1NC(=O)Nc1cccc(OC(F)(F)F)c1. The van der Waals surface area contributed by atoms with Gasteiger partial charge in [-0.1, -0.05) is 6.07 Å². The fourth-order valence-electron chi connectivity index (χ4n) is 1.84. The van der Waals surface area contributed by atoms with E-state index in [2.05, 4.69) is 15.4 Å². The van der Waals surface area contributed by atoms with Crippen molar-refractivity contribution in [1.82, 2.24) is 0 Å². The van der Waals surface area contributed by atoms with Crippen molar-refractivity contribution < 1.29 is 27.8 Å². The molecule has 0 radical (unpaired) electrons. The monoisotopic (exact) mass is 326 g/mol. The number of halogens is 3. The Morgan fingerprint density at radius 2 is 1.87 bits per heavy atom. The summed E-state index contributed by atoms with van der Waals surface area (Å²) in [5.74, 6) is -0.374. The van der Waals surface area contributed by atoms with Crippen LogP contribution in [0.1, 0.15) is 5.56 Å². The number of hydrogen-bond acceptors (Lipinski definition) is 3. The molecule has 122 valence electrons. The third kappa shape index (κ3) is 5.10. The lowest BCUT2D eigenvalue weighted by Gasteiger charge is -2.12. The number of rotatable bonds is 3. The maximum Gasteiger partial charge on any atom is 0.573 e. The molecule has 0 aliphatic rings. The predicted molar refractivity (Wildman–Crippen MR) is 78.6 cm³/mol. The van der Waals surface area contributed by atoms with Crippen LogP contribution in [0.2, 0.25) is 0 Å². The summed E-state index contributed by atoms with van der Waals surface area (Å²) in [5.41, 5.74) is 1.23. The molecular weight excluding hydrogens is 313 g/mol. The number of ether oxygens (including phenoxy) is 1. The average molecular weight is 326 g/mol. The lowest BCUT2D eigenvalue weighted by molar-refractivity contribution is -0.274. The number of carbonyl (C=O) groups is 1. The highest BCUT2D eigenvalue weighted by Gasteiger charge is 2.31. The summed E-state index contributed by atoms with van der Waals surface area (Å²) in [6, 6.07) is 8.66. The first-order valence-electron chi connectivity index (χ1n) is 6.46. The second-order valence-electron chi connectivity index (χ2n) is 4.65. The van der Waals surface area contributed by atoms with Crippen molar-refractivity contribution in [3.8, 4) is 11.5 Å². The standard InChI is InChI=1S/C15H13F3N2O3/c1-9-7-11(21)5-6-13(9)20-14(22)19-10-3-2-4-12(8-10)23-15(16,17)18/h2-8,21H,1H3,(H2,19,20,22). The zero-order valence-electron chi connectivity index (χ0n) is 11.9. The number of urea groups is 1. The van der Waals surface area contributed by atoms with E-state index in [4.69, 9.17) is 0 Å². The van der Waals surface area contributed by atoms with Crippen molar-refractivity contribution in [2.45, 2.75) is 13.3 Å². The summed E-state index contributed by atoms with van der Waals surface area (Å²) in [7, 11) is 0. The van der Waals surface area contributed by atoms with Crippen LogP contribution < -0.4 is 15.4 Å². The van der Waals surface area contributed by atoms with Crippen molar-refractivity contribution in [3.05, 3.63) is 48.0 Å². The number of benzene rings is 2. The molecule has 2 rings (SSSR count). The van der Waals surface area contributed by atoms with Crippen LogP contribution >= 0.6 is 0 Å². The van der Waals surface area contributed by atoms with Gasteiger partial charge in [0.15, 0.2) is 0 Å². The Morgan fingerprint density at radius 3 is 2.52 bits per heavy atom. The molecule has 0 spiro atoms. The van der Waals surface area contributed by atoms with Gasteiger partial charge in [-0.2, -0.15) is 0 Å². The lowest BCUT2D eigenvalue weighted by Crippen LogP contribution is -2.20. The molecule has 0 aliphatic heterocycles. The van der Waals surface area contributed by atoms with E-state index in [-0.39, 0.29) is 11.4 Å². The summed E-state index contributed by atoms with van der Waals surface area (Å²) in [4.78, 5) is 11.9. The second-order valence-corrected chi connectivity index (χ2v) is 4.65. The lowest BCUT2D eigenvalue weighted by atomic mass is 10.2. The van der Waals surface area contributed by atoms with Crippen molar-refractivity contribution in [2.24, 2.45) is 0 Å². The van der Waals surface area contributed by atoms with Gasteiger partial charge in [-0.05, 0) is 42.8 Å². The predicted octanol–water partition coefficient (Wildman–Crippen LogP) is 4.24. The van der Waals surface area contributed by atoms with Gasteiger partial charge in [-0.25, -0.2) is 4.79 Å². The molecule has 0 aromatic heterocycles. The first kappa shape index (κ1) is 16.5. The van der Waals surface area contributed by atoms with Gasteiger partial charge < -0.3 is 20.5 Å². The molecule has 2 amide bonds. The Bertz CT molecular complexity index is 717. The van der Waals surface area contributed by atoms with Gasteiger partial charge >= 0.3 is 12.4 Å². The molecule has 0 atom stereocenters. The Morgan fingerprint density at radius 1 is 1.13 bits per heavy atom. The fraction of sp³-hybridized carbons (Fsp3) is 0.133. The zero-order valence-corrected chi connectivity index (χ0v) is 11.9. The van der Waals surface area contributed by atoms with Gasteiger partial charge in [-0.15, -0.1) is 13.2 Å². The molecule has 0 unspecified atom stereocenters. The van der Waals surface area contributed by atoms with Crippen molar-refractivity contribution in [3.63, 3.8) is 0 Å². The quantitative estimate of drug-likeness (QED) is 0.739. The molecule has 2 aromatic carbocycles. The molecule has 0 saturated carbocycles. The smallest absolute Gasteiger partial charge is 0.508 e. The van der Waals surface area contributed by atoms with Crippen LogP contribution in [0.5, 0.6) is 11.5 Å². The summed E-state index contributed by atoms with van der Waals surface area (Å²) in [6.45, 7) is 1.69. The number of aromatic hydroxyl groups is 1. The van der Waals surface area contributed by atoms with Crippen LogP contribution in [0.25, 0.3) is 0 Å². The number of phenols is 1. The van der Waals surface area contributed by atoms with Gasteiger partial charge in [0.1, 0.15) is 11.5 Å². The Kier molecular flexibility index (Phi) is 4.63. The molecular formula is C15H13F3N2O3. The minimum Gasteiger partial charge on any atom is -0.508 e. The maximum atomic E-state index is 12.2. The van der Waals surface area contributed by atoms with Gasteiger partial charge in [0.05, 0.1) is 0 Å². The van der Waals surface area contributed by atoms with Crippen LogP contribution in [0.15, 0.2) is 42.5 Å². The molecule has 3 N–H and O–H groups in total. The first-order chi connectivity index (χ1) is 10.7. The second kappa shape index (κ2) is 6.47. The zero-order chi connectivity index (χ0) is 17.0. The molecule has 5 nitrogen and oxygen atoms in total. The van der Waals surface area contributed by atoms with E-state index < -0.39 is 18.1 Å². The first-order valence-corrected chi connectivity index (χ1v) is 6.46. The summed E-state index contributed by atoms with van der Waals surface area (Å²) < 4.78 is 40.2. The van der Waals surface area contributed by atoms with E-state index >= 15 is 0 Å². The van der Waals surface area contributed by atoms with Gasteiger partial charge in [-0.3, -0.25) is 0 Å². The van der Waals surface area contributed by atoms with Crippen LogP contribution in [-0.4, -0.2) is 17.5 Å². The van der Waals surface area contributed by atoms with Gasteiger partial charge in [0, 0.05) is 17.4 Å². The number of phenolic OH excluding ortho intramolecular Hbond substituents is 1. The summed E-state index contributed by atoms with van der Waals surface area (Å²) >= 11 is 0. The van der Waals surface area contributed by atoms with E-state index in [1.165, 1.54) is 30.3 Å². The molecule has 0 bridgehead atoms. The number of nitrogens with one attached hydrogen (secondary N) is 2. The highest BCUT2D eigenvalue weighted by molar-refractivity contribution is 6.00. The normalized spacial score (nSPS) is 11.0. The minimum absolute atomic E-state index is 0.0606. The number of alkyl halides is 3. The molecule has 8 heteroatoms. The highest BCUT2D eigenvalue weighted by Crippen LogP contribution is 2.25. The van der Waals surface area contributed by atoms with Crippen LogP contribution in [0.3, 0.4) is 0 Å². The average Bonchev–Trinajstić information content (AvgIpc) is 2.40. The van der Waals surface area contributed by atoms with E-state index in [1.807, 2.05) is 0 Å². The Labute approximate surface area is 129 Å². The van der Waals surface area contributed by atoms with Gasteiger partial charge in [0.2, 0.25) is 0 Å². The van der Waals surface area contributed by atoms with Gasteiger partial charge in [0.25, 0.3) is 0 Å². The third-order valence-corrected chi connectivity index (χ3v) is 2.78. The Hall–Kier alpha value is -2.90. The van der Waals surface area contributed by atoms with Crippen LogP contribution in [0, 0.1) is 6.92 Å². The minimum atomic E-state index is -4.80. The van der Waals surface area contributed by atoms with E-state index in [9.17, 15) is 23.1 Å². The Balaban J connectivity index is 2.04. The fourth-order valence-corrected chi connectivity index (χ4v) is 1.84. The molecule has 23 heavy (non-hydrogen) atoms. The third-order valence-electron chi connectivity index (χ3n) is 2.78. The van der Waals surface area contributed by atoms with Crippen molar-refractivity contribution in [1.29, 1.82) is 0 Å². The molecule has 0 saturated heterocycles. The number of amides is 2. The molecule has 0 heterocycles. The van der Waals surface area contributed by atoms with Crippen LogP contribution in [0.4, 0.5) is 29.3 Å². The number of carbonyl (C=O) groups excluding carboxylic acids is 1. The molecule has 2 aromatic rings. The van der Waals surface area contributed by atoms with E-state index in [1.54, 1.807) is 6.92 Å². The number of aryl methyl sites for hydroxylation is 1. The number of anilines is 2. The van der Waals surface area contributed by atoms with E-state index in [0.717, 1.165) is 12.1 Å². The van der Waals surface area contributed by atoms with Crippen molar-refractivity contribution in [2.75, 3.05) is 10.6 Å². The number of hydrogen-bond donors (Lipinski definition) is 3. The molecule has 0 aliphatic carbocycles.